The molecule has 0 radical (unpaired) electrons. The van der Waals surface area contributed by atoms with Crippen LogP contribution in [-0.4, -0.2) is 21.4 Å². The number of rotatable bonds is 4. The maximum atomic E-state index is 10.9. The molecule has 2 aromatic rings. The van der Waals surface area contributed by atoms with Crippen LogP contribution in [0.25, 0.3) is 11.5 Å². The van der Waals surface area contributed by atoms with Crippen molar-refractivity contribution in [2.24, 2.45) is 5.73 Å². The summed E-state index contributed by atoms with van der Waals surface area (Å²) in [6.45, 7) is 1.66. The summed E-state index contributed by atoms with van der Waals surface area (Å²) in [4.78, 5) is 10.9. The third kappa shape index (κ3) is 3.11. The molecule has 1 atom stereocenters. The molecule has 0 fully saturated rings. The average Bonchev–Trinajstić information content (AvgIpc) is 2.87. The molecular formula is C12H10N4O2S. The van der Waals surface area contributed by atoms with Crippen molar-refractivity contribution in [3.05, 3.63) is 29.8 Å². The fourth-order valence-corrected chi connectivity index (χ4v) is 1.94. The normalized spacial score (nSPS) is 11.8. The second-order valence-corrected chi connectivity index (χ2v) is 5.02. The molecule has 1 heterocycles. The van der Waals surface area contributed by atoms with E-state index in [1.807, 2.05) is 6.07 Å². The molecule has 6 nitrogen and oxygen atoms in total. The van der Waals surface area contributed by atoms with Gasteiger partial charge >= 0.3 is 0 Å². The Morgan fingerprint density at radius 1 is 1.53 bits per heavy atom. The number of amides is 1. The van der Waals surface area contributed by atoms with Crippen molar-refractivity contribution in [3.63, 3.8) is 0 Å². The van der Waals surface area contributed by atoms with Crippen LogP contribution in [-0.2, 0) is 4.79 Å². The van der Waals surface area contributed by atoms with E-state index in [2.05, 4.69) is 10.2 Å². The molecule has 0 unspecified atom stereocenters. The van der Waals surface area contributed by atoms with Gasteiger partial charge in [-0.15, -0.1) is 10.2 Å². The Kier molecular flexibility index (Phi) is 3.82. The van der Waals surface area contributed by atoms with E-state index in [0.717, 1.165) is 11.8 Å². The Balaban J connectivity index is 2.21. The first-order valence-corrected chi connectivity index (χ1v) is 6.28. The van der Waals surface area contributed by atoms with Gasteiger partial charge in [-0.05, 0) is 25.1 Å². The maximum absolute atomic E-state index is 10.9. The van der Waals surface area contributed by atoms with Crippen LogP contribution in [0.2, 0.25) is 0 Å². The topological polar surface area (TPSA) is 106 Å². The van der Waals surface area contributed by atoms with Crippen molar-refractivity contribution in [1.29, 1.82) is 5.26 Å². The third-order valence-corrected chi connectivity index (χ3v) is 3.28. The molecule has 0 spiro atoms. The fraction of sp³-hybridized carbons (Fsp3) is 0.167. The van der Waals surface area contributed by atoms with Crippen molar-refractivity contribution in [2.45, 2.75) is 17.4 Å². The van der Waals surface area contributed by atoms with Crippen LogP contribution in [0.5, 0.6) is 0 Å². The van der Waals surface area contributed by atoms with E-state index in [-0.39, 0.29) is 5.22 Å². The Morgan fingerprint density at radius 2 is 2.32 bits per heavy atom. The second kappa shape index (κ2) is 5.54. The van der Waals surface area contributed by atoms with Gasteiger partial charge in [-0.3, -0.25) is 4.79 Å². The van der Waals surface area contributed by atoms with E-state index in [4.69, 9.17) is 15.4 Å². The van der Waals surface area contributed by atoms with Gasteiger partial charge in [-0.1, -0.05) is 17.8 Å². The molecule has 19 heavy (non-hydrogen) atoms. The van der Waals surface area contributed by atoms with E-state index < -0.39 is 11.2 Å². The molecule has 2 N–H and O–H groups in total. The van der Waals surface area contributed by atoms with E-state index >= 15 is 0 Å². The summed E-state index contributed by atoms with van der Waals surface area (Å²) in [5.74, 6) is -0.146. The van der Waals surface area contributed by atoms with E-state index in [1.165, 1.54) is 0 Å². The number of hydrogen-bond donors (Lipinski definition) is 1. The lowest BCUT2D eigenvalue weighted by molar-refractivity contribution is -0.117. The summed E-state index contributed by atoms with van der Waals surface area (Å²) in [5.41, 5.74) is 6.32. The molecule has 2 rings (SSSR count). The summed E-state index contributed by atoms with van der Waals surface area (Å²) in [6.07, 6.45) is 0. The summed E-state index contributed by atoms with van der Waals surface area (Å²) in [5, 5.41) is 16.3. The zero-order chi connectivity index (χ0) is 13.8. The van der Waals surface area contributed by atoms with Gasteiger partial charge in [0.1, 0.15) is 0 Å². The van der Waals surface area contributed by atoms with Gasteiger partial charge in [0.25, 0.3) is 5.22 Å². The number of nitrogens with two attached hydrogens (primary N) is 1. The molecular weight excluding hydrogens is 264 g/mol. The number of hydrogen-bond acceptors (Lipinski definition) is 6. The number of benzene rings is 1. The van der Waals surface area contributed by atoms with Gasteiger partial charge < -0.3 is 10.2 Å². The van der Waals surface area contributed by atoms with Crippen LogP contribution in [0.3, 0.4) is 0 Å². The fourth-order valence-electron chi connectivity index (χ4n) is 1.31. The van der Waals surface area contributed by atoms with Crippen LogP contribution in [0.4, 0.5) is 0 Å². The molecule has 1 aromatic heterocycles. The van der Waals surface area contributed by atoms with Crippen molar-refractivity contribution >= 4 is 17.7 Å². The minimum absolute atomic E-state index is 0.267. The highest BCUT2D eigenvalue weighted by atomic mass is 32.2. The largest absolute Gasteiger partial charge is 0.411 e. The Labute approximate surface area is 113 Å². The number of aromatic nitrogens is 2. The van der Waals surface area contributed by atoms with Crippen molar-refractivity contribution in [2.75, 3.05) is 0 Å². The quantitative estimate of drug-likeness (QED) is 0.848. The number of carbonyl (C=O) groups is 1. The Morgan fingerprint density at radius 3 is 3.00 bits per heavy atom. The molecule has 0 bridgehead atoms. The van der Waals surface area contributed by atoms with Crippen LogP contribution >= 0.6 is 11.8 Å². The van der Waals surface area contributed by atoms with E-state index in [9.17, 15) is 4.79 Å². The zero-order valence-corrected chi connectivity index (χ0v) is 10.8. The minimum Gasteiger partial charge on any atom is -0.411 e. The first-order valence-electron chi connectivity index (χ1n) is 5.40. The summed E-state index contributed by atoms with van der Waals surface area (Å²) in [7, 11) is 0. The first-order chi connectivity index (χ1) is 9.10. The Hall–Kier alpha value is -2.33. The molecule has 0 saturated carbocycles. The zero-order valence-electron chi connectivity index (χ0n) is 10.0. The number of nitriles is 1. The highest BCUT2D eigenvalue weighted by Crippen LogP contribution is 2.26. The summed E-state index contributed by atoms with van der Waals surface area (Å²) in [6, 6.07) is 8.87. The SMILES string of the molecule is C[C@@H](Sc1nnc(-c2cccc(C#N)c2)o1)C(N)=O. The first kappa shape index (κ1) is 13.1. The van der Waals surface area contributed by atoms with E-state index in [1.54, 1.807) is 31.2 Å². The van der Waals surface area contributed by atoms with Gasteiger partial charge in [0.2, 0.25) is 11.8 Å². The van der Waals surface area contributed by atoms with Crippen molar-refractivity contribution in [3.8, 4) is 17.5 Å². The number of thioether (sulfide) groups is 1. The van der Waals surface area contributed by atoms with Crippen LogP contribution < -0.4 is 5.73 Å². The molecule has 1 amide bonds. The van der Waals surface area contributed by atoms with Crippen LogP contribution in [0.1, 0.15) is 12.5 Å². The van der Waals surface area contributed by atoms with Crippen molar-refractivity contribution < 1.29 is 9.21 Å². The monoisotopic (exact) mass is 274 g/mol. The highest BCUT2D eigenvalue weighted by Gasteiger charge is 2.16. The van der Waals surface area contributed by atoms with Gasteiger partial charge in [-0.2, -0.15) is 5.26 Å². The maximum Gasteiger partial charge on any atom is 0.277 e. The summed E-state index contributed by atoms with van der Waals surface area (Å²) < 4.78 is 5.41. The lowest BCUT2D eigenvalue weighted by atomic mass is 10.1. The molecule has 1 aromatic carbocycles. The molecule has 7 heteroatoms. The highest BCUT2D eigenvalue weighted by molar-refractivity contribution is 8.00. The number of carbonyl (C=O) groups excluding carboxylic acids is 1. The van der Waals surface area contributed by atoms with Gasteiger partial charge in [0.05, 0.1) is 16.9 Å². The number of nitrogens with zero attached hydrogens (tertiary/aromatic N) is 3. The molecule has 0 aliphatic rings. The molecule has 0 saturated heterocycles. The lowest BCUT2D eigenvalue weighted by Crippen LogP contribution is -2.22. The van der Waals surface area contributed by atoms with Crippen LogP contribution in [0.15, 0.2) is 33.9 Å². The lowest BCUT2D eigenvalue weighted by Gasteiger charge is -2.01. The predicted molar refractivity (Wildman–Crippen MR) is 69.0 cm³/mol. The molecule has 0 aliphatic carbocycles. The predicted octanol–water partition coefficient (Wildman–Crippen LogP) is 1.57. The Bertz CT molecular complexity index is 647. The minimum atomic E-state index is -0.448. The van der Waals surface area contributed by atoms with Crippen molar-refractivity contribution in [1.82, 2.24) is 10.2 Å². The third-order valence-electron chi connectivity index (χ3n) is 2.32. The second-order valence-electron chi connectivity index (χ2n) is 3.73. The van der Waals surface area contributed by atoms with Gasteiger partial charge in [-0.25, -0.2) is 0 Å². The smallest absolute Gasteiger partial charge is 0.277 e. The standard InChI is InChI=1S/C12H10N4O2S/c1-7(10(14)17)19-12-16-15-11(18-12)9-4-2-3-8(5-9)6-13/h2-5,7H,1H3,(H2,14,17)/t7-/m1/s1. The molecule has 96 valence electrons. The molecule has 0 aliphatic heterocycles. The average molecular weight is 274 g/mol. The van der Waals surface area contributed by atoms with Gasteiger partial charge in [0, 0.05) is 5.56 Å². The van der Waals surface area contributed by atoms with Crippen LogP contribution in [0, 0.1) is 11.3 Å². The van der Waals surface area contributed by atoms with Gasteiger partial charge in [0.15, 0.2) is 0 Å². The number of primary amides is 1. The summed E-state index contributed by atoms with van der Waals surface area (Å²) >= 11 is 1.10. The van der Waals surface area contributed by atoms with E-state index in [0.29, 0.717) is 17.0 Å².